The van der Waals surface area contributed by atoms with Crippen LogP contribution in [0.2, 0.25) is 0 Å². The second-order valence-electron chi connectivity index (χ2n) is 5.88. The van der Waals surface area contributed by atoms with Gasteiger partial charge in [-0.05, 0) is 49.7 Å². The lowest BCUT2D eigenvalue weighted by Gasteiger charge is -2.39. The summed E-state index contributed by atoms with van der Waals surface area (Å²) < 4.78 is 0. The molecule has 0 saturated heterocycles. The van der Waals surface area contributed by atoms with E-state index in [0.29, 0.717) is 0 Å². The molecule has 1 N–H and O–H groups in total. The Labute approximate surface area is 116 Å². The lowest BCUT2D eigenvalue weighted by molar-refractivity contribution is 0.216. The second-order valence-corrected chi connectivity index (χ2v) is 6.14. The molecule has 1 aromatic carbocycles. The highest BCUT2D eigenvalue weighted by atomic mass is 35.5. The lowest BCUT2D eigenvalue weighted by Crippen LogP contribution is -2.49. The molecule has 1 aliphatic carbocycles. The Balaban J connectivity index is 1.97. The average molecular weight is 266 g/mol. The van der Waals surface area contributed by atoms with Crippen LogP contribution in [-0.4, -0.2) is 11.4 Å². The van der Waals surface area contributed by atoms with E-state index in [-0.39, 0.29) is 5.54 Å². The molecule has 18 heavy (non-hydrogen) atoms. The van der Waals surface area contributed by atoms with Crippen LogP contribution in [0.25, 0.3) is 0 Å². The van der Waals surface area contributed by atoms with Crippen molar-refractivity contribution in [1.82, 2.24) is 5.32 Å². The maximum atomic E-state index is 6.23. The van der Waals surface area contributed by atoms with E-state index >= 15 is 0 Å². The first-order valence-corrected chi connectivity index (χ1v) is 7.54. The molecule has 0 spiro atoms. The third-order valence-corrected chi connectivity index (χ3v) is 4.91. The van der Waals surface area contributed by atoms with Crippen molar-refractivity contribution in [2.75, 3.05) is 5.88 Å². The molecule has 2 rings (SSSR count). The fraction of sp³-hybridized carbons (Fsp3) is 0.625. The van der Waals surface area contributed by atoms with Gasteiger partial charge in [-0.3, -0.25) is 0 Å². The van der Waals surface area contributed by atoms with Gasteiger partial charge >= 0.3 is 0 Å². The summed E-state index contributed by atoms with van der Waals surface area (Å²) in [6.45, 7) is 5.46. The summed E-state index contributed by atoms with van der Waals surface area (Å²) in [4.78, 5) is 0. The van der Waals surface area contributed by atoms with E-state index in [1.165, 1.54) is 36.8 Å². The zero-order valence-electron chi connectivity index (χ0n) is 11.5. The van der Waals surface area contributed by atoms with Crippen molar-refractivity contribution in [3.05, 3.63) is 35.4 Å². The number of hydrogen-bond acceptors (Lipinski definition) is 1. The van der Waals surface area contributed by atoms with E-state index in [2.05, 4.69) is 43.4 Å². The van der Waals surface area contributed by atoms with Crippen molar-refractivity contribution in [3.8, 4) is 0 Å². The number of halogens is 1. The van der Waals surface area contributed by atoms with Gasteiger partial charge in [0.2, 0.25) is 0 Å². The van der Waals surface area contributed by atoms with Gasteiger partial charge in [0.1, 0.15) is 0 Å². The number of aryl methyl sites for hydroxylation is 1. The van der Waals surface area contributed by atoms with Gasteiger partial charge in [-0.15, -0.1) is 11.6 Å². The quantitative estimate of drug-likeness (QED) is 0.802. The number of nitrogens with one attached hydrogen (secondary N) is 1. The minimum absolute atomic E-state index is 0.163. The van der Waals surface area contributed by atoms with Gasteiger partial charge < -0.3 is 5.32 Å². The second kappa shape index (κ2) is 6.08. The fourth-order valence-electron chi connectivity index (χ4n) is 2.76. The molecular weight excluding hydrogens is 242 g/mol. The van der Waals surface area contributed by atoms with Crippen LogP contribution in [0.3, 0.4) is 0 Å². The van der Waals surface area contributed by atoms with Crippen LogP contribution in [0.5, 0.6) is 0 Å². The molecular formula is C16H24ClN. The highest BCUT2D eigenvalue weighted by Gasteiger charge is 2.32. The Morgan fingerprint density at radius 1 is 1.28 bits per heavy atom. The molecule has 2 heteroatoms. The molecule has 1 nitrogen and oxygen atoms in total. The molecule has 0 heterocycles. The highest BCUT2D eigenvalue weighted by Crippen LogP contribution is 2.33. The lowest BCUT2D eigenvalue weighted by atomic mass is 9.78. The molecule has 0 bridgehead atoms. The molecule has 0 aromatic heterocycles. The standard InChI is InChI=1S/C16H24ClN/c1-13-7-9-16(12-17,10-8-13)18-11-15-6-4-3-5-14(15)2/h3-6,13,18H,7-12H2,1-2H3. The molecule has 0 amide bonds. The van der Waals surface area contributed by atoms with Crippen LogP contribution >= 0.6 is 11.6 Å². The van der Waals surface area contributed by atoms with E-state index in [9.17, 15) is 0 Å². The Kier molecular flexibility index (Phi) is 4.69. The number of rotatable bonds is 4. The molecule has 1 saturated carbocycles. The number of benzene rings is 1. The summed E-state index contributed by atoms with van der Waals surface area (Å²) in [5.74, 6) is 1.59. The summed E-state index contributed by atoms with van der Waals surface area (Å²) in [5, 5.41) is 3.73. The molecule has 0 unspecified atom stereocenters. The minimum atomic E-state index is 0.163. The SMILES string of the molecule is Cc1ccccc1CNC1(CCl)CCC(C)CC1. The fourth-order valence-corrected chi connectivity index (χ4v) is 3.13. The van der Waals surface area contributed by atoms with Crippen LogP contribution < -0.4 is 5.32 Å². The van der Waals surface area contributed by atoms with Crippen LogP contribution in [0.4, 0.5) is 0 Å². The first-order chi connectivity index (χ1) is 8.65. The van der Waals surface area contributed by atoms with Crippen LogP contribution in [0.1, 0.15) is 43.7 Å². The van der Waals surface area contributed by atoms with E-state index in [1.807, 2.05) is 0 Å². The summed E-state index contributed by atoms with van der Waals surface area (Å²) in [7, 11) is 0. The summed E-state index contributed by atoms with van der Waals surface area (Å²) in [6, 6.07) is 8.59. The summed E-state index contributed by atoms with van der Waals surface area (Å²) >= 11 is 6.23. The van der Waals surface area contributed by atoms with Gasteiger partial charge in [0.05, 0.1) is 0 Å². The average Bonchev–Trinajstić information content (AvgIpc) is 2.40. The molecule has 0 aliphatic heterocycles. The third-order valence-electron chi connectivity index (χ3n) is 4.40. The Morgan fingerprint density at radius 2 is 1.94 bits per heavy atom. The van der Waals surface area contributed by atoms with Gasteiger partial charge in [0.25, 0.3) is 0 Å². The molecule has 0 atom stereocenters. The Bertz CT molecular complexity index is 380. The van der Waals surface area contributed by atoms with Crippen LogP contribution in [0, 0.1) is 12.8 Å². The van der Waals surface area contributed by atoms with E-state index in [0.717, 1.165) is 18.3 Å². The number of alkyl halides is 1. The van der Waals surface area contributed by atoms with Gasteiger partial charge in [0, 0.05) is 18.0 Å². The van der Waals surface area contributed by atoms with Crippen LogP contribution in [0.15, 0.2) is 24.3 Å². The zero-order chi connectivity index (χ0) is 13.0. The zero-order valence-corrected chi connectivity index (χ0v) is 12.3. The van der Waals surface area contributed by atoms with E-state index in [1.54, 1.807) is 0 Å². The van der Waals surface area contributed by atoms with Gasteiger partial charge in [-0.1, -0.05) is 31.2 Å². The largest absolute Gasteiger partial charge is 0.306 e. The van der Waals surface area contributed by atoms with Crippen molar-refractivity contribution in [1.29, 1.82) is 0 Å². The van der Waals surface area contributed by atoms with Crippen molar-refractivity contribution < 1.29 is 0 Å². The van der Waals surface area contributed by atoms with Gasteiger partial charge in [-0.25, -0.2) is 0 Å². The monoisotopic (exact) mass is 265 g/mol. The topological polar surface area (TPSA) is 12.0 Å². The minimum Gasteiger partial charge on any atom is -0.306 e. The first-order valence-electron chi connectivity index (χ1n) is 7.01. The van der Waals surface area contributed by atoms with Crippen molar-refractivity contribution in [2.45, 2.75) is 51.6 Å². The predicted molar refractivity (Wildman–Crippen MR) is 79.1 cm³/mol. The predicted octanol–water partition coefficient (Wildman–Crippen LogP) is 4.27. The molecule has 0 radical (unpaired) electrons. The molecule has 1 aliphatic rings. The van der Waals surface area contributed by atoms with E-state index in [4.69, 9.17) is 11.6 Å². The van der Waals surface area contributed by atoms with Crippen molar-refractivity contribution in [3.63, 3.8) is 0 Å². The summed E-state index contributed by atoms with van der Waals surface area (Å²) in [6.07, 6.45) is 5.02. The normalized spacial score (nSPS) is 28.3. The van der Waals surface area contributed by atoms with Crippen molar-refractivity contribution >= 4 is 11.6 Å². The summed E-state index contributed by atoms with van der Waals surface area (Å²) in [5.41, 5.74) is 2.91. The van der Waals surface area contributed by atoms with Gasteiger partial charge in [-0.2, -0.15) is 0 Å². The van der Waals surface area contributed by atoms with E-state index < -0.39 is 0 Å². The maximum Gasteiger partial charge on any atom is 0.0406 e. The Hall–Kier alpha value is -0.530. The third kappa shape index (κ3) is 3.27. The first kappa shape index (κ1) is 13.9. The Morgan fingerprint density at radius 3 is 2.56 bits per heavy atom. The highest BCUT2D eigenvalue weighted by molar-refractivity contribution is 6.18. The molecule has 1 fully saturated rings. The smallest absolute Gasteiger partial charge is 0.0406 e. The molecule has 100 valence electrons. The maximum absolute atomic E-state index is 6.23. The number of hydrogen-bond donors (Lipinski definition) is 1. The van der Waals surface area contributed by atoms with Crippen LogP contribution in [-0.2, 0) is 6.54 Å². The van der Waals surface area contributed by atoms with Crippen molar-refractivity contribution in [2.24, 2.45) is 5.92 Å². The van der Waals surface area contributed by atoms with Gasteiger partial charge in [0.15, 0.2) is 0 Å². The molecule has 1 aromatic rings.